The highest BCUT2D eigenvalue weighted by Crippen LogP contribution is 2.12. The van der Waals surface area contributed by atoms with Crippen LogP contribution in [0.1, 0.15) is 40.5 Å². The molecule has 0 aromatic heterocycles. The lowest BCUT2D eigenvalue weighted by molar-refractivity contribution is -0.148. The van der Waals surface area contributed by atoms with Gasteiger partial charge in [0.05, 0.1) is 12.5 Å². The summed E-state index contributed by atoms with van der Waals surface area (Å²) in [6.07, 6.45) is 5.85. The summed E-state index contributed by atoms with van der Waals surface area (Å²) in [6, 6.07) is 0. The molecule has 0 aliphatic carbocycles. The number of ether oxygens (including phenoxy) is 1. The molecule has 0 rings (SSSR count). The number of allylic oxidation sites excluding steroid dienone is 2. The lowest BCUT2D eigenvalue weighted by Gasteiger charge is -2.10. The van der Waals surface area contributed by atoms with E-state index in [1.165, 1.54) is 0 Å². The first-order valence-electron chi connectivity index (χ1n) is 5.45. The van der Waals surface area contributed by atoms with Crippen molar-refractivity contribution in [3.05, 3.63) is 12.2 Å². The second kappa shape index (κ2) is 7.60. The van der Waals surface area contributed by atoms with E-state index in [2.05, 4.69) is 26.0 Å². The Morgan fingerprint density at radius 1 is 1.36 bits per heavy atom. The summed E-state index contributed by atoms with van der Waals surface area (Å²) in [5, 5.41) is 0. The number of carbonyl (C=O) groups is 1. The van der Waals surface area contributed by atoms with E-state index in [0.29, 0.717) is 12.5 Å². The van der Waals surface area contributed by atoms with E-state index in [1.54, 1.807) is 0 Å². The Hall–Kier alpha value is -0.790. The van der Waals surface area contributed by atoms with Crippen LogP contribution in [0.3, 0.4) is 0 Å². The molecule has 0 aliphatic heterocycles. The van der Waals surface area contributed by atoms with Gasteiger partial charge in [-0.2, -0.15) is 0 Å². The van der Waals surface area contributed by atoms with Gasteiger partial charge in [-0.15, -0.1) is 0 Å². The van der Waals surface area contributed by atoms with Crippen LogP contribution in [0.15, 0.2) is 12.2 Å². The first-order valence-corrected chi connectivity index (χ1v) is 5.45. The summed E-state index contributed by atoms with van der Waals surface area (Å²) in [6.45, 7) is 8.59. The highest BCUT2D eigenvalue weighted by atomic mass is 16.5. The molecule has 0 amide bonds. The van der Waals surface area contributed by atoms with Crippen molar-refractivity contribution in [3.63, 3.8) is 0 Å². The second-order valence-corrected chi connectivity index (χ2v) is 3.77. The van der Waals surface area contributed by atoms with Crippen LogP contribution in [0.2, 0.25) is 0 Å². The molecule has 1 unspecified atom stereocenters. The summed E-state index contributed by atoms with van der Waals surface area (Å²) in [7, 11) is 0. The highest BCUT2D eigenvalue weighted by Gasteiger charge is 2.15. The maximum Gasteiger partial charge on any atom is 0.309 e. The first kappa shape index (κ1) is 13.2. The monoisotopic (exact) mass is 198 g/mol. The van der Waals surface area contributed by atoms with Gasteiger partial charge in [-0.05, 0) is 25.7 Å². The molecule has 0 aromatic rings. The maximum atomic E-state index is 11.4. The summed E-state index contributed by atoms with van der Waals surface area (Å²) in [5.41, 5.74) is 0. The molecule has 2 nitrogen and oxygen atoms in total. The van der Waals surface area contributed by atoms with Crippen molar-refractivity contribution in [2.24, 2.45) is 11.8 Å². The van der Waals surface area contributed by atoms with Gasteiger partial charge in [0.25, 0.3) is 0 Å². The van der Waals surface area contributed by atoms with Crippen LogP contribution in [0, 0.1) is 11.8 Å². The molecule has 0 N–H and O–H groups in total. The molecule has 0 radical (unpaired) electrons. The number of hydrogen-bond acceptors (Lipinski definition) is 2. The molecule has 0 saturated heterocycles. The molecular formula is C12H22O2. The smallest absolute Gasteiger partial charge is 0.309 e. The largest absolute Gasteiger partial charge is 0.466 e. The quantitative estimate of drug-likeness (QED) is 0.484. The van der Waals surface area contributed by atoms with Crippen LogP contribution in [0.4, 0.5) is 0 Å². The minimum absolute atomic E-state index is 0.0324. The van der Waals surface area contributed by atoms with Crippen molar-refractivity contribution >= 4 is 5.97 Å². The fraction of sp³-hybridized carbons (Fsp3) is 0.750. The van der Waals surface area contributed by atoms with Gasteiger partial charge in [-0.1, -0.05) is 32.9 Å². The topological polar surface area (TPSA) is 26.3 Å². The zero-order valence-electron chi connectivity index (χ0n) is 9.75. The Kier molecular flexibility index (Phi) is 7.17. The minimum Gasteiger partial charge on any atom is -0.466 e. The third-order valence-electron chi connectivity index (χ3n) is 2.05. The average Bonchev–Trinajstić information content (AvgIpc) is 2.12. The van der Waals surface area contributed by atoms with Crippen LogP contribution in [0.25, 0.3) is 0 Å². The lowest BCUT2D eigenvalue weighted by atomic mass is 10.0. The molecule has 2 heteroatoms. The Morgan fingerprint density at radius 3 is 2.43 bits per heavy atom. The molecular weight excluding hydrogens is 176 g/mol. The first-order chi connectivity index (χ1) is 6.61. The fourth-order valence-corrected chi connectivity index (χ4v) is 1.20. The third kappa shape index (κ3) is 5.79. The van der Waals surface area contributed by atoms with Crippen LogP contribution in [-0.2, 0) is 9.53 Å². The van der Waals surface area contributed by atoms with Crippen molar-refractivity contribution in [1.29, 1.82) is 0 Å². The van der Waals surface area contributed by atoms with Crippen molar-refractivity contribution in [2.45, 2.75) is 40.5 Å². The van der Waals surface area contributed by atoms with Gasteiger partial charge in [-0.3, -0.25) is 4.79 Å². The van der Waals surface area contributed by atoms with Crippen LogP contribution < -0.4 is 0 Å². The zero-order chi connectivity index (χ0) is 11.0. The van der Waals surface area contributed by atoms with Gasteiger partial charge in [0.15, 0.2) is 0 Å². The molecule has 0 spiro atoms. The molecule has 0 fully saturated rings. The maximum absolute atomic E-state index is 11.4. The zero-order valence-corrected chi connectivity index (χ0v) is 9.75. The van der Waals surface area contributed by atoms with Gasteiger partial charge in [-0.25, -0.2) is 0 Å². The Labute approximate surface area is 87.3 Å². The lowest BCUT2D eigenvalue weighted by Crippen LogP contribution is -2.16. The van der Waals surface area contributed by atoms with Crippen LogP contribution in [0.5, 0.6) is 0 Å². The molecule has 0 aliphatic rings. The number of carbonyl (C=O) groups excluding carboxylic acids is 1. The van der Waals surface area contributed by atoms with E-state index in [9.17, 15) is 4.79 Å². The molecule has 0 saturated carbocycles. The molecule has 1 atom stereocenters. The molecule has 0 bridgehead atoms. The Bertz CT molecular complexity index is 183. The van der Waals surface area contributed by atoms with E-state index in [4.69, 9.17) is 4.74 Å². The van der Waals surface area contributed by atoms with Gasteiger partial charge >= 0.3 is 5.97 Å². The van der Waals surface area contributed by atoms with Gasteiger partial charge in [0.1, 0.15) is 0 Å². The predicted octanol–water partition coefficient (Wildman–Crippen LogP) is 3.18. The van der Waals surface area contributed by atoms with Gasteiger partial charge in [0, 0.05) is 0 Å². The van der Waals surface area contributed by atoms with Crippen molar-refractivity contribution in [3.8, 4) is 0 Å². The summed E-state index contributed by atoms with van der Waals surface area (Å²) in [5.74, 6) is 0.517. The second-order valence-electron chi connectivity index (χ2n) is 3.77. The molecule has 82 valence electrons. The van der Waals surface area contributed by atoms with E-state index < -0.39 is 0 Å². The van der Waals surface area contributed by atoms with Crippen molar-refractivity contribution in [2.75, 3.05) is 6.61 Å². The van der Waals surface area contributed by atoms with Gasteiger partial charge < -0.3 is 4.74 Å². The number of esters is 1. The summed E-state index contributed by atoms with van der Waals surface area (Å²) >= 11 is 0. The highest BCUT2D eigenvalue weighted by molar-refractivity contribution is 5.72. The number of hydrogen-bond donors (Lipinski definition) is 0. The Morgan fingerprint density at radius 2 is 2.00 bits per heavy atom. The molecule has 0 aromatic carbocycles. The average molecular weight is 198 g/mol. The molecule has 14 heavy (non-hydrogen) atoms. The van der Waals surface area contributed by atoms with E-state index in [1.807, 2.05) is 13.8 Å². The predicted molar refractivity (Wildman–Crippen MR) is 59.0 cm³/mol. The molecule has 0 heterocycles. The van der Waals surface area contributed by atoms with Gasteiger partial charge in [0.2, 0.25) is 0 Å². The fourth-order valence-electron chi connectivity index (χ4n) is 1.20. The summed E-state index contributed by atoms with van der Waals surface area (Å²) < 4.78 is 4.98. The van der Waals surface area contributed by atoms with Crippen LogP contribution >= 0.6 is 0 Å². The third-order valence-corrected chi connectivity index (χ3v) is 2.05. The van der Waals surface area contributed by atoms with E-state index in [-0.39, 0.29) is 11.9 Å². The SMILES string of the molecule is CCOC(=O)C(CC)C/C=C/C(C)C. The summed E-state index contributed by atoms with van der Waals surface area (Å²) in [4.78, 5) is 11.4. The van der Waals surface area contributed by atoms with E-state index in [0.717, 1.165) is 12.8 Å². The Balaban J connectivity index is 3.96. The van der Waals surface area contributed by atoms with E-state index >= 15 is 0 Å². The van der Waals surface area contributed by atoms with Crippen molar-refractivity contribution < 1.29 is 9.53 Å². The standard InChI is InChI=1S/C12H22O2/c1-5-11(12(13)14-6-2)9-7-8-10(3)4/h7-8,10-11H,5-6,9H2,1-4H3/b8-7+. The number of rotatable bonds is 6. The minimum atomic E-state index is -0.0663. The normalized spacial score (nSPS) is 13.5. The van der Waals surface area contributed by atoms with Crippen LogP contribution in [-0.4, -0.2) is 12.6 Å². The van der Waals surface area contributed by atoms with Crippen molar-refractivity contribution in [1.82, 2.24) is 0 Å².